The number of rotatable bonds is 7. The van der Waals surface area contributed by atoms with Gasteiger partial charge in [-0.2, -0.15) is 0 Å². The molecule has 2 aromatic rings. The van der Waals surface area contributed by atoms with Crippen LogP contribution < -0.4 is 10.6 Å². The highest BCUT2D eigenvalue weighted by molar-refractivity contribution is 6.05. The maximum Gasteiger partial charge on any atom is 0.255 e. The number of para-hydroxylation sites is 1. The third kappa shape index (κ3) is 4.95. The zero-order valence-corrected chi connectivity index (χ0v) is 14.3. The zero-order valence-electron chi connectivity index (χ0n) is 14.3. The molecule has 4 heteroatoms. The van der Waals surface area contributed by atoms with Gasteiger partial charge in [0.05, 0.1) is 0 Å². The molecule has 0 aromatic heterocycles. The number of anilines is 1. The summed E-state index contributed by atoms with van der Waals surface area (Å²) >= 11 is 0. The van der Waals surface area contributed by atoms with Crippen molar-refractivity contribution in [3.63, 3.8) is 0 Å². The molecule has 2 rings (SSSR count). The van der Waals surface area contributed by atoms with E-state index in [9.17, 15) is 9.59 Å². The van der Waals surface area contributed by atoms with Crippen molar-refractivity contribution in [3.8, 4) is 0 Å². The molecule has 0 bridgehead atoms. The summed E-state index contributed by atoms with van der Waals surface area (Å²) in [6, 6.07) is 14.3. The van der Waals surface area contributed by atoms with Crippen LogP contribution in [0, 0.1) is 6.92 Å². The summed E-state index contributed by atoms with van der Waals surface area (Å²) in [5.74, 6) is -0.281. The standard InChI is InChI=1S/C20H24N2O2/c1-3-4-7-14-21-19(23)16-10-12-17(13-11-16)20(24)22-18-9-6-5-8-15(18)2/h5-6,8-13H,3-4,7,14H2,1-2H3,(H,21,23)(H,22,24). The fourth-order valence-electron chi connectivity index (χ4n) is 2.36. The highest BCUT2D eigenvalue weighted by Gasteiger charge is 2.09. The van der Waals surface area contributed by atoms with Gasteiger partial charge >= 0.3 is 0 Å². The van der Waals surface area contributed by atoms with Gasteiger partial charge in [-0.25, -0.2) is 0 Å². The quantitative estimate of drug-likeness (QED) is 0.751. The third-order valence-corrected chi connectivity index (χ3v) is 3.87. The van der Waals surface area contributed by atoms with E-state index in [1.165, 1.54) is 0 Å². The Morgan fingerprint density at radius 1 is 0.875 bits per heavy atom. The number of hydrogen-bond donors (Lipinski definition) is 2. The SMILES string of the molecule is CCCCCNC(=O)c1ccc(C(=O)Nc2ccccc2C)cc1. The van der Waals surface area contributed by atoms with Crippen LogP contribution in [0.4, 0.5) is 5.69 Å². The summed E-state index contributed by atoms with van der Waals surface area (Å²) in [4.78, 5) is 24.3. The molecule has 0 fully saturated rings. The second-order valence-corrected chi connectivity index (χ2v) is 5.81. The van der Waals surface area contributed by atoms with Crippen molar-refractivity contribution in [2.75, 3.05) is 11.9 Å². The average Bonchev–Trinajstić information content (AvgIpc) is 2.60. The molecule has 2 N–H and O–H groups in total. The van der Waals surface area contributed by atoms with Crippen LogP contribution in [0.1, 0.15) is 52.5 Å². The first kappa shape index (κ1) is 17.7. The molecule has 126 valence electrons. The largest absolute Gasteiger partial charge is 0.352 e. The fraction of sp³-hybridized carbons (Fsp3) is 0.300. The molecule has 0 atom stereocenters. The topological polar surface area (TPSA) is 58.2 Å². The lowest BCUT2D eigenvalue weighted by molar-refractivity contribution is 0.0951. The molecule has 0 unspecified atom stereocenters. The van der Waals surface area contributed by atoms with Crippen molar-refractivity contribution in [1.29, 1.82) is 0 Å². The molecule has 0 heterocycles. The van der Waals surface area contributed by atoms with Crippen molar-refractivity contribution >= 4 is 17.5 Å². The van der Waals surface area contributed by atoms with Crippen molar-refractivity contribution in [2.24, 2.45) is 0 Å². The van der Waals surface area contributed by atoms with E-state index in [0.717, 1.165) is 30.5 Å². The van der Waals surface area contributed by atoms with Crippen molar-refractivity contribution in [2.45, 2.75) is 33.1 Å². The lowest BCUT2D eigenvalue weighted by atomic mass is 10.1. The van der Waals surface area contributed by atoms with Gasteiger partial charge in [0.15, 0.2) is 0 Å². The van der Waals surface area contributed by atoms with Crippen LogP contribution in [-0.4, -0.2) is 18.4 Å². The van der Waals surface area contributed by atoms with E-state index in [2.05, 4.69) is 17.6 Å². The Bertz CT molecular complexity index is 693. The van der Waals surface area contributed by atoms with Gasteiger partial charge in [0.25, 0.3) is 11.8 Å². The Hall–Kier alpha value is -2.62. The molecule has 0 aliphatic carbocycles. The second kappa shape index (κ2) is 8.87. The molecule has 2 amide bonds. The molecule has 0 spiro atoms. The number of aryl methyl sites for hydroxylation is 1. The van der Waals surface area contributed by atoms with Crippen LogP contribution in [0.3, 0.4) is 0 Å². The molecular weight excluding hydrogens is 300 g/mol. The summed E-state index contributed by atoms with van der Waals surface area (Å²) in [5.41, 5.74) is 2.90. The van der Waals surface area contributed by atoms with Gasteiger partial charge in [-0.15, -0.1) is 0 Å². The molecule has 0 aliphatic heterocycles. The average molecular weight is 324 g/mol. The van der Waals surface area contributed by atoms with E-state index in [4.69, 9.17) is 0 Å². The summed E-state index contributed by atoms with van der Waals surface area (Å²) < 4.78 is 0. The number of nitrogens with one attached hydrogen (secondary N) is 2. The zero-order chi connectivity index (χ0) is 17.4. The fourth-order valence-corrected chi connectivity index (χ4v) is 2.36. The van der Waals surface area contributed by atoms with E-state index in [0.29, 0.717) is 17.7 Å². The summed E-state index contributed by atoms with van der Waals surface area (Å²) in [5, 5.41) is 5.77. The van der Waals surface area contributed by atoms with E-state index >= 15 is 0 Å². The number of amides is 2. The maximum atomic E-state index is 12.3. The predicted octanol–water partition coefficient (Wildman–Crippen LogP) is 4.17. The Labute approximate surface area is 143 Å². The number of carbonyl (C=O) groups is 2. The molecule has 2 aromatic carbocycles. The molecule has 0 radical (unpaired) electrons. The molecule has 0 aliphatic rings. The van der Waals surface area contributed by atoms with Crippen molar-refractivity contribution < 1.29 is 9.59 Å². The van der Waals surface area contributed by atoms with E-state index in [-0.39, 0.29) is 11.8 Å². The molecular formula is C20H24N2O2. The molecule has 0 saturated carbocycles. The minimum absolute atomic E-state index is 0.100. The predicted molar refractivity (Wildman–Crippen MR) is 97.4 cm³/mol. The molecule has 4 nitrogen and oxygen atoms in total. The van der Waals surface area contributed by atoms with E-state index < -0.39 is 0 Å². The van der Waals surface area contributed by atoms with Crippen LogP contribution in [0.15, 0.2) is 48.5 Å². The lowest BCUT2D eigenvalue weighted by Crippen LogP contribution is -2.24. The number of benzene rings is 2. The van der Waals surface area contributed by atoms with Gasteiger partial charge in [0, 0.05) is 23.4 Å². The Kier molecular flexibility index (Phi) is 6.55. The first-order chi connectivity index (χ1) is 11.6. The number of hydrogen-bond acceptors (Lipinski definition) is 2. The third-order valence-electron chi connectivity index (χ3n) is 3.87. The van der Waals surface area contributed by atoms with Crippen LogP contribution in [-0.2, 0) is 0 Å². The van der Waals surface area contributed by atoms with Crippen LogP contribution in [0.2, 0.25) is 0 Å². The number of unbranched alkanes of at least 4 members (excludes halogenated alkanes) is 2. The first-order valence-corrected chi connectivity index (χ1v) is 8.37. The van der Waals surface area contributed by atoms with Gasteiger partial charge in [-0.05, 0) is 49.2 Å². The van der Waals surface area contributed by atoms with Gasteiger partial charge in [0.1, 0.15) is 0 Å². The van der Waals surface area contributed by atoms with Crippen LogP contribution >= 0.6 is 0 Å². The Balaban J connectivity index is 1.95. The molecule has 24 heavy (non-hydrogen) atoms. The Morgan fingerprint density at radius 2 is 1.50 bits per heavy atom. The highest BCUT2D eigenvalue weighted by Crippen LogP contribution is 2.15. The number of carbonyl (C=O) groups excluding carboxylic acids is 2. The summed E-state index contributed by atoms with van der Waals surface area (Å²) in [7, 11) is 0. The van der Waals surface area contributed by atoms with E-state index in [1.54, 1.807) is 24.3 Å². The highest BCUT2D eigenvalue weighted by atomic mass is 16.2. The summed E-state index contributed by atoms with van der Waals surface area (Å²) in [6.45, 7) is 4.76. The van der Waals surface area contributed by atoms with Crippen molar-refractivity contribution in [3.05, 3.63) is 65.2 Å². The Morgan fingerprint density at radius 3 is 2.12 bits per heavy atom. The minimum atomic E-state index is -0.181. The lowest BCUT2D eigenvalue weighted by Gasteiger charge is -2.09. The van der Waals surface area contributed by atoms with Gasteiger partial charge in [0.2, 0.25) is 0 Å². The normalized spacial score (nSPS) is 10.2. The molecule has 0 saturated heterocycles. The van der Waals surface area contributed by atoms with E-state index in [1.807, 2.05) is 31.2 Å². The maximum absolute atomic E-state index is 12.3. The van der Waals surface area contributed by atoms with Crippen LogP contribution in [0.25, 0.3) is 0 Å². The van der Waals surface area contributed by atoms with Gasteiger partial charge < -0.3 is 10.6 Å². The summed E-state index contributed by atoms with van der Waals surface area (Å²) in [6.07, 6.45) is 3.22. The van der Waals surface area contributed by atoms with Gasteiger partial charge in [-0.3, -0.25) is 9.59 Å². The van der Waals surface area contributed by atoms with Crippen LogP contribution in [0.5, 0.6) is 0 Å². The smallest absolute Gasteiger partial charge is 0.255 e. The van der Waals surface area contributed by atoms with Crippen molar-refractivity contribution in [1.82, 2.24) is 5.32 Å². The van der Waals surface area contributed by atoms with Gasteiger partial charge in [-0.1, -0.05) is 38.0 Å². The minimum Gasteiger partial charge on any atom is -0.352 e. The monoisotopic (exact) mass is 324 g/mol. The first-order valence-electron chi connectivity index (χ1n) is 8.37. The second-order valence-electron chi connectivity index (χ2n) is 5.81.